The number of guanidine groups is 1. The first-order valence-electron chi connectivity index (χ1n) is 9.74. The van der Waals surface area contributed by atoms with E-state index in [0.717, 1.165) is 64.7 Å². The molecule has 1 aromatic carbocycles. The third-order valence-corrected chi connectivity index (χ3v) is 5.29. The van der Waals surface area contributed by atoms with Crippen molar-refractivity contribution in [2.45, 2.75) is 32.9 Å². The number of morpholine rings is 1. The van der Waals surface area contributed by atoms with Crippen LogP contribution in [0.5, 0.6) is 0 Å². The SMILES string of the molecule is CCNC(=NCc1ccccc1CN1CCOCC1)NCC1(CO)CC1.I. The zero-order valence-corrected chi connectivity index (χ0v) is 18.6. The number of hydrogen-bond acceptors (Lipinski definition) is 4. The van der Waals surface area contributed by atoms with E-state index in [4.69, 9.17) is 9.73 Å². The van der Waals surface area contributed by atoms with Gasteiger partial charge in [-0.3, -0.25) is 4.90 Å². The molecule has 27 heavy (non-hydrogen) atoms. The van der Waals surface area contributed by atoms with Gasteiger partial charge in [0.25, 0.3) is 0 Å². The first-order chi connectivity index (χ1) is 12.7. The van der Waals surface area contributed by atoms with E-state index in [1.54, 1.807) is 0 Å². The van der Waals surface area contributed by atoms with E-state index in [2.05, 4.69) is 46.7 Å². The highest BCUT2D eigenvalue weighted by Crippen LogP contribution is 2.44. The van der Waals surface area contributed by atoms with E-state index in [0.29, 0.717) is 6.54 Å². The molecule has 2 aliphatic rings. The number of aliphatic hydroxyl groups is 1. The van der Waals surface area contributed by atoms with E-state index in [1.807, 2.05) is 0 Å². The van der Waals surface area contributed by atoms with Gasteiger partial charge in [-0.15, -0.1) is 24.0 Å². The molecule has 3 N–H and O–H groups in total. The average Bonchev–Trinajstić information content (AvgIpc) is 3.46. The van der Waals surface area contributed by atoms with Crippen LogP contribution in [-0.4, -0.2) is 62.0 Å². The van der Waals surface area contributed by atoms with Crippen LogP contribution in [0.4, 0.5) is 0 Å². The molecule has 7 heteroatoms. The van der Waals surface area contributed by atoms with Crippen molar-refractivity contribution < 1.29 is 9.84 Å². The molecule has 1 aliphatic carbocycles. The Kier molecular flexibility index (Phi) is 9.28. The van der Waals surface area contributed by atoms with E-state index < -0.39 is 0 Å². The molecule has 0 unspecified atom stereocenters. The zero-order chi connectivity index (χ0) is 18.2. The number of nitrogens with zero attached hydrogens (tertiary/aromatic N) is 2. The highest BCUT2D eigenvalue weighted by Gasteiger charge is 2.41. The van der Waals surface area contributed by atoms with Gasteiger partial charge in [-0.2, -0.15) is 0 Å². The first-order valence-corrected chi connectivity index (χ1v) is 9.74. The summed E-state index contributed by atoms with van der Waals surface area (Å²) in [4.78, 5) is 7.21. The van der Waals surface area contributed by atoms with Crippen LogP contribution in [0.25, 0.3) is 0 Å². The Balaban J connectivity index is 0.00000261. The Morgan fingerprint density at radius 2 is 1.89 bits per heavy atom. The van der Waals surface area contributed by atoms with Gasteiger partial charge in [0.15, 0.2) is 5.96 Å². The fourth-order valence-electron chi connectivity index (χ4n) is 3.21. The Morgan fingerprint density at radius 3 is 2.52 bits per heavy atom. The molecule has 3 rings (SSSR count). The number of rotatable bonds is 8. The Labute approximate surface area is 179 Å². The molecule has 1 saturated carbocycles. The molecule has 1 saturated heterocycles. The number of aliphatic hydroxyl groups excluding tert-OH is 1. The third-order valence-electron chi connectivity index (χ3n) is 5.29. The fourth-order valence-corrected chi connectivity index (χ4v) is 3.21. The topological polar surface area (TPSA) is 69.1 Å². The van der Waals surface area contributed by atoms with Crippen molar-refractivity contribution in [3.05, 3.63) is 35.4 Å². The summed E-state index contributed by atoms with van der Waals surface area (Å²) in [6.07, 6.45) is 2.19. The van der Waals surface area contributed by atoms with Crippen LogP contribution in [0.3, 0.4) is 0 Å². The molecule has 0 atom stereocenters. The van der Waals surface area contributed by atoms with Crippen molar-refractivity contribution >= 4 is 29.9 Å². The largest absolute Gasteiger partial charge is 0.396 e. The second kappa shape index (κ2) is 11.2. The summed E-state index contributed by atoms with van der Waals surface area (Å²) in [5.74, 6) is 0.827. The summed E-state index contributed by atoms with van der Waals surface area (Å²) in [5, 5.41) is 16.2. The minimum Gasteiger partial charge on any atom is -0.396 e. The van der Waals surface area contributed by atoms with Crippen molar-refractivity contribution in [2.75, 3.05) is 46.0 Å². The van der Waals surface area contributed by atoms with Gasteiger partial charge >= 0.3 is 0 Å². The van der Waals surface area contributed by atoms with Gasteiger partial charge in [-0.1, -0.05) is 24.3 Å². The van der Waals surface area contributed by atoms with Gasteiger partial charge in [0, 0.05) is 38.1 Å². The van der Waals surface area contributed by atoms with E-state index in [1.165, 1.54) is 11.1 Å². The molecule has 0 bridgehead atoms. The zero-order valence-electron chi connectivity index (χ0n) is 16.2. The first kappa shape index (κ1) is 22.4. The standard InChI is InChI=1S/C20H32N4O2.HI/c1-2-21-19(23-15-20(16-25)7-8-20)22-13-17-5-3-4-6-18(17)14-24-9-11-26-12-10-24;/h3-6,25H,2,7-16H2,1H3,(H2,21,22,23);1H. The molecule has 152 valence electrons. The monoisotopic (exact) mass is 488 g/mol. The highest BCUT2D eigenvalue weighted by atomic mass is 127. The lowest BCUT2D eigenvalue weighted by Gasteiger charge is -2.27. The number of halogens is 1. The number of benzene rings is 1. The lowest BCUT2D eigenvalue weighted by atomic mass is 10.1. The van der Waals surface area contributed by atoms with Crippen molar-refractivity contribution in [3.8, 4) is 0 Å². The molecule has 2 fully saturated rings. The minimum absolute atomic E-state index is 0. The normalized spacial score (nSPS) is 19.3. The van der Waals surface area contributed by atoms with Gasteiger partial charge < -0.3 is 20.5 Å². The van der Waals surface area contributed by atoms with E-state index >= 15 is 0 Å². The van der Waals surface area contributed by atoms with Crippen LogP contribution < -0.4 is 10.6 Å². The minimum atomic E-state index is 0. The van der Waals surface area contributed by atoms with Gasteiger partial charge in [-0.25, -0.2) is 4.99 Å². The number of nitrogens with one attached hydrogen (secondary N) is 2. The third kappa shape index (κ3) is 6.89. The molecule has 1 heterocycles. The van der Waals surface area contributed by atoms with Crippen LogP contribution >= 0.6 is 24.0 Å². The highest BCUT2D eigenvalue weighted by molar-refractivity contribution is 14.0. The Morgan fingerprint density at radius 1 is 1.19 bits per heavy atom. The molecule has 0 aromatic heterocycles. The Hall–Kier alpha value is -0.900. The van der Waals surface area contributed by atoms with Crippen LogP contribution in [-0.2, 0) is 17.8 Å². The molecular formula is C20H33IN4O2. The predicted molar refractivity (Wildman–Crippen MR) is 120 cm³/mol. The molecule has 1 aromatic rings. The van der Waals surface area contributed by atoms with E-state index in [-0.39, 0.29) is 36.0 Å². The maximum absolute atomic E-state index is 9.49. The fraction of sp³-hybridized carbons (Fsp3) is 0.650. The predicted octanol–water partition coefficient (Wildman–Crippen LogP) is 1.96. The summed E-state index contributed by atoms with van der Waals surface area (Å²) >= 11 is 0. The van der Waals surface area contributed by atoms with Gasteiger partial charge in [0.2, 0.25) is 0 Å². The van der Waals surface area contributed by atoms with Crippen molar-refractivity contribution in [1.29, 1.82) is 0 Å². The van der Waals surface area contributed by atoms with Crippen molar-refractivity contribution in [3.63, 3.8) is 0 Å². The lowest BCUT2D eigenvalue weighted by molar-refractivity contribution is 0.0341. The molecule has 0 radical (unpaired) electrons. The summed E-state index contributed by atoms with van der Waals surface area (Å²) in [7, 11) is 0. The maximum Gasteiger partial charge on any atom is 0.191 e. The molecule has 1 aliphatic heterocycles. The molecule has 0 spiro atoms. The van der Waals surface area contributed by atoms with Crippen molar-refractivity contribution in [2.24, 2.45) is 10.4 Å². The van der Waals surface area contributed by atoms with Crippen molar-refractivity contribution in [1.82, 2.24) is 15.5 Å². The summed E-state index contributed by atoms with van der Waals surface area (Å²) in [5.41, 5.74) is 2.67. The summed E-state index contributed by atoms with van der Waals surface area (Å²) in [6, 6.07) is 8.55. The molecule has 6 nitrogen and oxygen atoms in total. The quantitative estimate of drug-likeness (QED) is 0.297. The summed E-state index contributed by atoms with van der Waals surface area (Å²) < 4.78 is 5.44. The van der Waals surface area contributed by atoms with Gasteiger partial charge in [0.1, 0.15) is 0 Å². The van der Waals surface area contributed by atoms with Gasteiger partial charge in [-0.05, 0) is 30.9 Å². The maximum atomic E-state index is 9.49. The number of aliphatic imine (C=N–C) groups is 1. The van der Waals surface area contributed by atoms with Crippen LogP contribution in [0, 0.1) is 5.41 Å². The second-order valence-corrected chi connectivity index (χ2v) is 7.36. The molecule has 0 amide bonds. The number of hydrogen-bond donors (Lipinski definition) is 3. The van der Waals surface area contributed by atoms with Crippen LogP contribution in [0.1, 0.15) is 30.9 Å². The molecular weight excluding hydrogens is 455 g/mol. The Bertz CT molecular complexity index is 601. The average molecular weight is 488 g/mol. The smallest absolute Gasteiger partial charge is 0.191 e. The van der Waals surface area contributed by atoms with Crippen LogP contribution in [0.2, 0.25) is 0 Å². The summed E-state index contributed by atoms with van der Waals surface area (Å²) in [6.45, 7) is 9.16. The number of ether oxygens (including phenoxy) is 1. The van der Waals surface area contributed by atoms with E-state index in [9.17, 15) is 5.11 Å². The van der Waals surface area contributed by atoms with Crippen LogP contribution in [0.15, 0.2) is 29.3 Å². The van der Waals surface area contributed by atoms with Gasteiger partial charge in [0.05, 0.1) is 26.4 Å². The lowest BCUT2D eigenvalue weighted by Crippen LogP contribution is -2.41. The second-order valence-electron chi connectivity index (χ2n) is 7.36.